The lowest BCUT2D eigenvalue weighted by Crippen LogP contribution is -2.51. The average Bonchev–Trinajstić information content (AvgIpc) is 2.63. The summed E-state index contributed by atoms with van der Waals surface area (Å²) in [5.74, 6) is -0.604. The molecule has 2 aromatic rings. The van der Waals surface area contributed by atoms with Crippen LogP contribution < -0.4 is 20.3 Å². The minimum Gasteiger partial charge on any atom is -0.406 e. The molecule has 1 aliphatic rings. The first-order valence-corrected chi connectivity index (χ1v) is 9.26. The Bertz CT molecular complexity index is 987. The molecule has 0 spiro atoms. The summed E-state index contributed by atoms with van der Waals surface area (Å²) < 4.78 is 41.0. The fourth-order valence-electron chi connectivity index (χ4n) is 3.18. The number of nitrogens with zero attached hydrogens (tertiary/aromatic N) is 2. The summed E-state index contributed by atoms with van der Waals surface area (Å²) in [5, 5.41) is 15.9. The molecule has 1 aromatic carbocycles. The maximum absolute atomic E-state index is 13.0. The van der Waals surface area contributed by atoms with Crippen LogP contribution in [-0.4, -0.2) is 40.5 Å². The predicted octanol–water partition coefficient (Wildman–Crippen LogP) is 3.27. The number of carbonyl (C=O) groups excluding carboxylic acids is 2. The number of benzene rings is 1. The van der Waals surface area contributed by atoms with Gasteiger partial charge in [-0.15, -0.1) is 13.2 Å². The monoisotopic (exact) mass is 438 g/mol. The third-order valence-corrected chi connectivity index (χ3v) is 4.50. The van der Waals surface area contributed by atoms with Gasteiger partial charge in [-0.05, 0) is 50.1 Å². The minimum atomic E-state index is -4.83. The van der Waals surface area contributed by atoms with Crippen LogP contribution in [0.2, 0.25) is 0 Å². The van der Waals surface area contributed by atoms with Gasteiger partial charge in [0.1, 0.15) is 12.3 Å². The van der Waals surface area contributed by atoms with E-state index in [1.54, 1.807) is 19.2 Å². The molecule has 1 atom stereocenters. The van der Waals surface area contributed by atoms with Crippen molar-refractivity contribution in [2.24, 2.45) is 0 Å². The van der Waals surface area contributed by atoms with E-state index in [1.807, 2.05) is 0 Å². The van der Waals surface area contributed by atoms with Crippen LogP contribution >= 0.6 is 0 Å². The van der Waals surface area contributed by atoms with Crippen molar-refractivity contribution < 1.29 is 32.6 Å². The molecule has 166 valence electrons. The Morgan fingerprint density at radius 3 is 2.52 bits per heavy atom. The Balaban J connectivity index is 1.86. The number of rotatable bonds is 4. The van der Waals surface area contributed by atoms with Crippen LogP contribution in [0, 0.1) is 6.92 Å². The first-order chi connectivity index (χ1) is 14.3. The van der Waals surface area contributed by atoms with Gasteiger partial charge in [0.15, 0.2) is 5.82 Å². The van der Waals surface area contributed by atoms with Gasteiger partial charge in [0, 0.05) is 6.20 Å². The third-order valence-electron chi connectivity index (χ3n) is 4.50. The van der Waals surface area contributed by atoms with Gasteiger partial charge in [0.25, 0.3) is 0 Å². The molecule has 0 saturated heterocycles. The lowest BCUT2D eigenvalue weighted by Gasteiger charge is -2.34. The SMILES string of the molecule is Cc1cnc2c(c1)NC(=O)CN2C(=O)N[C@@H](c1ccc(OC(F)(F)F)cc1)C(C)(C)O. The molecular weight excluding hydrogens is 417 g/mol. The standard InChI is InChI=1S/C20H21F3N4O4/c1-11-8-14-17(24-9-11)27(10-15(28)25-14)18(29)26-16(19(2,3)30)12-4-6-13(7-5-12)31-20(21,22)23/h4-9,16,30H,10H2,1-3H3,(H,25,28)(H,26,29)/t16-/m0/s1. The molecule has 1 aromatic heterocycles. The highest BCUT2D eigenvalue weighted by molar-refractivity contribution is 6.08. The molecule has 1 aliphatic heterocycles. The molecule has 0 bridgehead atoms. The molecule has 2 heterocycles. The van der Waals surface area contributed by atoms with E-state index in [0.29, 0.717) is 11.3 Å². The number of urea groups is 1. The van der Waals surface area contributed by atoms with Gasteiger partial charge >= 0.3 is 12.4 Å². The van der Waals surface area contributed by atoms with E-state index in [4.69, 9.17) is 0 Å². The Hall–Kier alpha value is -3.34. The van der Waals surface area contributed by atoms with Crippen molar-refractivity contribution in [1.29, 1.82) is 0 Å². The Labute approximate surface area is 176 Å². The fraction of sp³-hybridized carbons (Fsp3) is 0.350. The van der Waals surface area contributed by atoms with Crippen LogP contribution in [0.25, 0.3) is 0 Å². The molecular formula is C20H21F3N4O4. The van der Waals surface area contributed by atoms with Crippen molar-refractivity contribution in [3.05, 3.63) is 47.7 Å². The van der Waals surface area contributed by atoms with Gasteiger partial charge in [-0.1, -0.05) is 12.1 Å². The number of hydrogen-bond acceptors (Lipinski definition) is 5. The summed E-state index contributed by atoms with van der Waals surface area (Å²) in [6, 6.07) is 4.76. The summed E-state index contributed by atoms with van der Waals surface area (Å²) in [6.07, 6.45) is -3.29. The highest BCUT2D eigenvalue weighted by Crippen LogP contribution is 2.31. The number of alkyl halides is 3. The molecule has 0 radical (unpaired) electrons. The summed E-state index contributed by atoms with van der Waals surface area (Å²) in [5.41, 5.74) is 0.0227. The van der Waals surface area contributed by atoms with Crippen LogP contribution in [-0.2, 0) is 4.79 Å². The first kappa shape index (κ1) is 22.3. The van der Waals surface area contributed by atoms with Crippen LogP contribution in [0.5, 0.6) is 5.75 Å². The lowest BCUT2D eigenvalue weighted by atomic mass is 9.92. The number of hydrogen-bond donors (Lipinski definition) is 3. The van der Waals surface area contributed by atoms with Crippen LogP contribution in [0.1, 0.15) is 31.0 Å². The van der Waals surface area contributed by atoms with E-state index >= 15 is 0 Å². The van der Waals surface area contributed by atoms with Crippen molar-refractivity contribution in [2.75, 3.05) is 16.8 Å². The second-order valence-corrected chi connectivity index (χ2v) is 7.67. The Morgan fingerprint density at radius 2 is 1.94 bits per heavy atom. The van der Waals surface area contributed by atoms with E-state index in [-0.39, 0.29) is 12.4 Å². The first-order valence-electron chi connectivity index (χ1n) is 9.26. The van der Waals surface area contributed by atoms with E-state index in [2.05, 4.69) is 20.4 Å². The average molecular weight is 438 g/mol. The largest absolute Gasteiger partial charge is 0.573 e. The van der Waals surface area contributed by atoms with Crippen LogP contribution in [0.3, 0.4) is 0 Å². The van der Waals surface area contributed by atoms with Gasteiger partial charge in [-0.3, -0.25) is 9.69 Å². The van der Waals surface area contributed by atoms with Gasteiger partial charge in [-0.25, -0.2) is 9.78 Å². The van der Waals surface area contributed by atoms with E-state index < -0.39 is 35.7 Å². The normalized spacial score (nSPS) is 15.1. The molecule has 0 aliphatic carbocycles. The van der Waals surface area contributed by atoms with Gasteiger partial charge < -0.3 is 20.5 Å². The minimum absolute atomic E-state index is 0.242. The summed E-state index contributed by atoms with van der Waals surface area (Å²) >= 11 is 0. The summed E-state index contributed by atoms with van der Waals surface area (Å²) in [6.45, 7) is 4.38. The van der Waals surface area contributed by atoms with E-state index in [9.17, 15) is 27.9 Å². The Kier molecular flexibility index (Phi) is 5.81. The number of anilines is 2. The molecule has 3 N–H and O–H groups in total. The second kappa shape index (κ2) is 8.06. The molecule has 0 saturated carbocycles. The Morgan fingerprint density at radius 1 is 1.29 bits per heavy atom. The molecule has 8 nitrogen and oxygen atoms in total. The van der Waals surface area contributed by atoms with Crippen molar-refractivity contribution in [1.82, 2.24) is 10.3 Å². The van der Waals surface area contributed by atoms with Crippen LogP contribution in [0.15, 0.2) is 36.5 Å². The van der Waals surface area contributed by atoms with Gasteiger partial charge in [-0.2, -0.15) is 0 Å². The number of aliphatic hydroxyl groups is 1. The molecule has 3 amide bonds. The zero-order chi connectivity index (χ0) is 23.0. The maximum atomic E-state index is 13.0. The topological polar surface area (TPSA) is 104 Å². The molecule has 3 rings (SSSR count). The predicted molar refractivity (Wildman–Crippen MR) is 106 cm³/mol. The zero-order valence-electron chi connectivity index (χ0n) is 16.9. The number of aryl methyl sites for hydroxylation is 1. The van der Waals surface area contributed by atoms with Crippen LogP contribution in [0.4, 0.5) is 29.5 Å². The molecule has 0 fully saturated rings. The smallest absolute Gasteiger partial charge is 0.406 e. The van der Waals surface area contributed by atoms with Crippen molar-refractivity contribution in [3.8, 4) is 5.75 Å². The number of aromatic nitrogens is 1. The number of carbonyl (C=O) groups is 2. The number of nitrogens with one attached hydrogen (secondary N) is 2. The van der Waals surface area contributed by atoms with E-state index in [1.165, 1.54) is 26.0 Å². The molecule has 11 heteroatoms. The zero-order valence-corrected chi connectivity index (χ0v) is 16.9. The number of pyridine rings is 1. The summed E-state index contributed by atoms with van der Waals surface area (Å²) in [7, 11) is 0. The summed E-state index contributed by atoms with van der Waals surface area (Å²) in [4.78, 5) is 30.4. The molecule has 0 unspecified atom stereocenters. The van der Waals surface area contributed by atoms with E-state index in [0.717, 1.165) is 22.6 Å². The van der Waals surface area contributed by atoms with Gasteiger partial charge in [0.2, 0.25) is 5.91 Å². The number of fused-ring (bicyclic) bond motifs is 1. The highest BCUT2D eigenvalue weighted by atomic mass is 19.4. The van der Waals surface area contributed by atoms with Crippen molar-refractivity contribution in [2.45, 2.75) is 38.8 Å². The number of ether oxygens (including phenoxy) is 1. The third kappa shape index (κ3) is 5.43. The maximum Gasteiger partial charge on any atom is 0.573 e. The van der Waals surface area contributed by atoms with Crippen molar-refractivity contribution in [3.63, 3.8) is 0 Å². The lowest BCUT2D eigenvalue weighted by molar-refractivity contribution is -0.274. The molecule has 31 heavy (non-hydrogen) atoms. The van der Waals surface area contributed by atoms with Crippen molar-refractivity contribution >= 4 is 23.4 Å². The highest BCUT2D eigenvalue weighted by Gasteiger charge is 2.35. The quantitative estimate of drug-likeness (QED) is 0.680. The number of amides is 3. The second-order valence-electron chi connectivity index (χ2n) is 7.67. The number of halogens is 3. The fourth-order valence-corrected chi connectivity index (χ4v) is 3.18. The van der Waals surface area contributed by atoms with Gasteiger partial charge in [0.05, 0.1) is 17.3 Å².